The van der Waals surface area contributed by atoms with Crippen molar-refractivity contribution in [2.75, 3.05) is 10.6 Å². The van der Waals surface area contributed by atoms with Crippen LogP contribution in [0.5, 0.6) is 0 Å². The maximum atomic E-state index is 13.6. The summed E-state index contributed by atoms with van der Waals surface area (Å²) in [6.45, 7) is 1.41. The molecule has 0 saturated heterocycles. The Morgan fingerprint density at radius 1 is 1.00 bits per heavy atom. The predicted octanol–water partition coefficient (Wildman–Crippen LogP) is 3.33. The highest BCUT2D eigenvalue weighted by atomic mass is 32.1. The molecule has 2 rings (SSSR count). The Morgan fingerprint density at radius 2 is 1.57 bits per heavy atom. The Bertz CT molecular complexity index is 687. The molecule has 2 amide bonds. The van der Waals surface area contributed by atoms with Gasteiger partial charge in [0.05, 0.1) is 5.56 Å². The molecule has 21 heavy (non-hydrogen) atoms. The number of rotatable bonds is 3. The standard InChI is InChI=1S/C15H13FN2O2S/c1-9(19)17-10-2-4-11(5-3-10)18-15(20)13-8-12(21)6-7-14(13)16/h2-8,21H,1H3,(H,17,19)(H,18,20). The Labute approximate surface area is 126 Å². The average molecular weight is 304 g/mol. The second-order valence-corrected chi connectivity index (χ2v) is 4.89. The van der Waals surface area contributed by atoms with E-state index in [1.165, 1.54) is 25.1 Å². The third-order valence-corrected chi connectivity index (χ3v) is 2.94. The Kier molecular flexibility index (Phi) is 4.59. The Hall–Kier alpha value is -2.34. The number of thiol groups is 1. The number of carbonyl (C=O) groups excluding carboxylic acids is 2. The van der Waals surface area contributed by atoms with E-state index in [1.54, 1.807) is 24.3 Å². The van der Waals surface area contributed by atoms with Crippen molar-refractivity contribution in [3.8, 4) is 0 Å². The van der Waals surface area contributed by atoms with Crippen molar-refractivity contribution in [1.82, 2.24) is 0 Å². The van der Waals surface area contributed by atoms with E-state index in [-0.39, 0.29) is 11.5 Å². The molecule has 0 spiro atoms. The van der Waals surface area contributed by atoms with Crippen LogP contribution < -0.4 is 10.6 Å². The van der Waals surface area contributed by atoms with E-state index in [2.05, 4.69) is 23.3 Å². The lowest BCUT2D eigenvalue weighted by Gasteiger charge is -2.08. The van der Waals surface area contributed by atoms with E-state index in [0.717, 1.165) is 0 Å². The van der Waals surface area contributed by atoms with Crippen molar-refractivity contribution in [3.63, 3.8) is 0 Å². The van der Waals surface area contributed by atoms with Gasteiger partial charge in [-0.1, -0.05) is 0 Å². The molecule has 0 saturated carbocycles. The molecule has 2 aromatic carbocycles. The number of benzene rings is 2. The second kappa shape index (κ2) is 6.41. The topological polar surface area (TPSA) is 58.2 Å². The molecule has 0 aliphatic carbocycles. The van der Waals surface area contributed by atoms with Gasteiger partial charge >= 0.3 is 0 Å². The molecule has 0 atom stereocenters. The molecular formula is C15H13FN2O2S. The van der Waals surface area contributed by atoms with Crippen molar-refractivity contribution < 1.29 is 14.0 Å². The fraction of sp³-hybridized carbons (Fsp3) is 0.0667. The number of anilines is 2. The highest BCUT2D eigenvalue weighted by Gasteiger charge is 2.12. The second-order valence-electron chi connectivity index (χ2n) is 4.38. The fourth-order valence-electron chi connectivity index (χ4n) is 1.73. The molecular weight excluding hydrogens is 291 g/mol. The van der Waals surface area contributed by atoms with Crippen molar-refractivity contribution in [2.45, 2.75) is 11.8 Å². The highest BCUT2D eigenvalue weighted by molar-refractivity contribution is 7.80. The van der Waals surface area contributed by atoms with Crippen LogP contribution in [0.4, 0.5) is 15.8 Å². The first kappa shape index (κ1) is 15.1. The van der Waals surface area contributed by atoms with E-state index in [4.69, 9.17) is 0 Å². The minimum atomic E-state index is -0.611. The smallest absolute Gasteiger partial charge is 0.258 e. The minimum absolute atomic E-state index is 0.0755. The van der Waals surface area contributed by atoms with Gasteiger partial charge in [-0.3, -0.25) is 9.59 Å². The van der Waals surface area contributed by atoms with Crippen LogP contribution in [0, 0.1) is 5.82 Å². The van der Waals surface area contributed by atoms with Gasteiger partial charge in [-0.2, -0.15) is 0 Å². The first-order valence-electron chi connectivity index (χ1n) is 6.13. The summed E-state index contributed by atoms with van der Waals surface area (Å²) in [6.07, 6.45) is 0. The van der Waals surface area contributed by atoms with Gasteiger partial charge in [0.25, 0.3) is 5.91 Å². The molecule has 6 heteroatoms. The van der Waals surface area contributed by atoms with Gasteiger partial charge < -0.3 is 10.6 Å². The average Bonchev–Trinajstić information content (AvgIpc) is 2.43. The van der Waals surface area contributed by atoms with Gasteiger partial charge in [0.1, 0.15) is 5.82 Å². The largest absolute Gasteiger partial charge is 0.326 e. The van der Waals surface area contributed by atoms with Crippen LogP contribution in [-0.4, -0.2) is 11.8 Å². The lowest BCUT2D eigenvalue weighted by atomic mass is 10.2. The summed E-state index contributed by atoms with van der Waals surface area (Å²) in [6, 6.07) is 10.5. The van der Waals surface area contributed by atoms with Crippen LogP contribution in [0.15, 0.2) is 47.4 Å². The van der Waals surface area contributed by atoms with Crippen LogP contribution in [0.1, 0.15) is 17.3 Å². The van der Waals surface area contributed by atoms with Gasteiger partial charge in [-0.05, 0) is 42.5 Å². The van der Waals surface area contributed by atoms with Crippen molar-refractivity contribution in [1.29, 1.82) is 0 Å². The quantitative estimate of drug-likeness (QED) is 0.762. The van der Waals surface area contributed by atoms with Gasteiger partial charge in [-0.15, -0.1) is 12.6 Å². The van der Waals surface area contributed by atoms with Gasteiger partial charge in [0.15, 0.2) is 0 Å². The van der Waals surface area contributed by atoms with E-state index in [1.807, 2.05) is 0 Å². The molecule has 0 heterocycles. The Morgan fingerprint density at radius 3 is 2.14 bits per heavy atom. The third-order valence-electron chi connectivity index (χ3n) is 2.66. The lowest BCUT2D eigenvalue weighted by molar-refractivity contribution is -0.114. The predicted molar refractivity (Wildman–Crippen MR) is 82.4 cm³/mol. The fourth-order valence-corrected chi connectivity index (χ4v) is 1.93. The molecule has 4 nitrogen and oxygen atoms in total. The molecule has 108 valence electrons. The molecule has 0 radical (unpaired) electrons. The maximum absolute atomic E-state index is 13.6. The number of hydrogen-bond donors (Lipinski definition) is 3. The van der Waals surface area contributed by atoms with Crippen LogP contribution in [0.25, 0.3) is 0 Å². The molecule has 0 aromatic heterocycles. The molecule has 0 fully saturated rings. The molecule has 2 aromatic rings. The summed E-state index contributed by atoms with van der Waals surface area (Å²) in [4.78, 5) is 23.4. The van der Waals surface area contributed by atoms with Crippen LogP contribution >= 0.6 is 12.6 Å². The van der Waals surface area contributed by atoms with Crippen molar-refractivity contribution in [3.05, 3.63) is 53.8 Å². The normalized spacial score (nSPS) is 10.0. The van der Waals surface area contributed by atoms with Gasteiger partial charge in [0, 0.05) is 23.2 Å². The first-order chi connectivity index (χ1) is 9.95. The van der Waals surface area contributed by atoms with Crippen LogP contribution in [0.3, 0.4) is 0 Å². The summed E-state index contributed by atoms with van der Waals surface area (Å²) in [5.74, 6) is -1.35. The van der Waals surface area contributed by atoms with Gasteiger partial charge in [-0.25, -0.2) is 4.39 Å². The summed E-state index contributed by atoms with van der Waals surface area (Å²) >= 11 is 4.08. The van der Waals surface area contributed by atoms with Crippen LogP contribution in [-0.2, 0) is 4.79 Å². The summed E-state index contributed by atoms with van der Waals surface area (Å²) in [5.41, 5.74) is 1.04. The minimum Gasteiger partial charge on any atom is -0.326 e. The Balaban J connectivity index is 2.12. The number of hydrogen-bond acceptors (Lipinski definition) is 3. The monoisotopic (exact) mass is 304 g/mol. The summed E-state index contributed by atoms with van der Waals surface area (Å²) in [5, 5.41) is 5.19. The number of nitrogens with one attached hydrogen (secondary N) is 2. The summed E-state index contributed by atoms with van der Waals surface area (Å²) in [7, 11) is 0. The van der Waals surface area contributed by atoms with Crippen molar-refractivity contribution >= 4 is 35.8 Å². The zero-order chi connectivity index (χ0) is 15.4. The number of halogens is 1. The maximum Gasteiger partial charge on any atom is 0.258 e. The molecule has 0 aliphatic heterocycles. The molecule has 0 unspecified atom stereocenters. The third kappa shape index (κ3) is 4.06. The lowest BCUT2D eigenvalue weighted by Crippen LogP contribution is -2.14. The summed E-state index contributed by atoms with van der Waals surface area (Å²) < 4.78 is 13.6. The molecule has 2 N–H and O–H groups in total. The molecule has 0 bridgehead atoms. The zero-order valence-electron chi connectivity index (χ0n) is 11.2. The highest BCUT2D eigenvalue weighted by Crippen LogP contribution is 2.17. The van der Waals surface area contributed by atoms with Gasteiger partial charge in [0.2, 0.25) is 5.91 Å². The van der Waals surface area contributed by atoms with Crippen LogP contribution in [0.2, 0.25) is 0 Å². The van der Waals surface area contributed by atoms with E-state index < -0.39 is 11.7 Å². The van der Waals surface area contributed by atoms with E-state index in [0.29, 0.717) is 16.3 Å². The first-order valence-corrected chi connectivity index (χ1v) is 6.58. The molecule has 0 aliphatic rings. The number of carbonyl (C=O) groups is 2. The van der Waals surface area contributed by atoms with Crippen molar-refractivity contribution in [2.24, 2.45) is 0 Å². The number of amides is 2. The van der Waals surface area contributed by atoms with E-state index in [9.17, 15) is 14.0 Å². The van der Waals surface area contributed by atoms with E-state index >= 15 is 0 Å². The zero-order valence-corrected chi connectivity index (χ0v) is 12.1. The SMILES string of the molecule is CC(=O)Nc1ccc(NC(=O)c2cc(S)ccc2F)cc1.